The first-order chi connectivity index (χ1) is 16.1. The van der Waals surface area contributed by atoms with Gasteiger partial charge in [0.2, 0.25) is 10.0 Å². The molecule has 180 valence electrons. The van der Waals surface area contributed by atoms with Crippen LogP contribution in [-0.2, 0) is 21.4 Å². The SMILES string of the molecule is CC1(C)[C@H]2CC[C@@]1(CS(=O)(=O)N1C[C@H]3C[C@H](C1)c1cccc(=O)n1C3)C(=O)/C2=C/C1=CC=CC1. The minimum absolute atomic E-state index is 0.00964. The van der Waals surface area contributed by atoms with E-state index in [1.54, 1.807) is 16.4 Å². The van der Waals surface area contributed by atoms with Crippen LogP contribution in [0, 0.1) is 22.7 Å². The van der Waals surface area contributed by atoms with Crippen LogP contribution in [0.2, 0.25) is 0 Å². The molecule has 6 nitrogen and oxygen atoms in total. The van der Waals surface area contributed by atoms with Gasteiger partial charge in [0.25, 0.3) is 5.56 Å². The molecular weight excluding hydrogens is 448 g/mol. The molecule has 2 aliphatic heterocycles. The molecule has 3 aliphatic carbocycles. The molecule has 1 saturated heterocycles. The van der Waals surface area contributed by atoms with E-state index in [0.717, 1.165) is 36.1 Å². The predicted octanol–water partition coefficient (Wildman–Crippen LogP) is 3.42. The van der Waals surface area contributed by atoms with Crippen molar-refractivity contribution in [1.29, 1.82) is 0 Å². The molecule has 3 fully saturated rings. The van der Waals surface area contributed by atoms with Gasteiger partial charge in [-0.25, -0.2) is 12.7 Å². The zero-order valence-corrected chi connectivity index (χ0v) is 20.7. The third kappa shape index (κ3) is 3.05. The number of pyridine rings is 1. The van der Waals surface area contributed by atoms with Crippen LogP contribution in [0.3, 0.4) is 0 Å². The maximum absolute atomic E-state index is 13.9. The van der Waals surface area contributed by atoms with Crippen molar-refractivity contribution in [2.45, 2.75) is 52.0 Å². The number of carbonyl (C=O) groups excluding carboxylic acids is 1. The molecule has 0 radical (unpaired) electrons. The largest absolute Gasteiger partial charge is 0.312 e. The number of rotatable bonds is 4. The smallest absolute Gasteiger partial charge is 0.250 e. The molecule has 0 spiro atoms. The van der Waals surface area contributed by atoms with Gasteiger partial charge in [-0.05, 0) is 60.1 Å². The summed E-state index contributed by atoms with van der Waals surface area (Å²) in [6.07, 6.45) is 11.4. The Morgan fingerprint density at radius 3 is 2.74 bits per heavy atom. The fraction of sp³-hybridized carbons (Fsp3) is 0.556. The van der Waals surface area contributed by atoms with Crippen LogP contribution < -0.4 is 5.56 Å². The van der Waals surface area contributed by atoms with Crippen molar-refractivity contribution in [2.75, 3.05) is 18.8 Å². The lowest BCUT2D eigenvalue weighted by Crippen LogP contribution is -2.52. The highest BCUT2D eigenvalue weighted by Crippen LogP contribution is 2.66. The van der Waals surface area contributed by atoms with Crippen LogP contribution in [0.4, 0.5) is 0 Å². The standard InChI is InChI=1S/C27H32N2O4S/c1-26(2)22-10-11-27(26,25(31)21(22)13-18-6-3-4-7-18)17-34(32,33)28-14-19-12-20(16-28)23-8-5-9-24(30)29(23)15-19/h3-6,8-9,13,19-20,22H,7,10-12,14-17H2,1-2H3/b21-13+/t19-,20-,22+,27-/m1/s1. The Morgan fingerprint density at radius 1 is 1.15 bits per heavy atom. The number of piperidine rings is 1. The maximum atomic E-state index is 13.9. The van der Waals surface area contributed by atoms with Crippen molar-refractivity contribution in [3.63, 3.8) is 0 Å². The van der Waals surface area contributed by atoms with E-state index in [9.17, 15) is 18.0 Å². The molecule has 7 heteroatoms. The third-order valence-electron chi connectivity index (χ3n) is 9.45. The normalized spacial score (nSPS) is 35.1. The van der Waals surface area contributed by atoms with Crippen LogP contribution in [0.1, 0.15) is 51.1 Å². The molecule has 0 N–H and O–H groups in total. The van der Waals surface area contributed by atoms with Crippen LogP contribution >= 0.6 is 0 Å². The molecule has 1 aromatic rings. The average Bonchev–Trinajstić information content (AvgIpc) is 3.41. The van der Waals surface area contributed by atoms with E-state index < -0.39 is 15.4 Å². The molecular formula is C27H32N2O4S. The summed E-state index contributed by atoms with van der Waals surface area (Å²) in [5.41, 5.74) is 1.62. The Bertz CT molecular complexity index is 1330. The van der Waals surface area contributed by atoms with Crippen molar-refractivity contribution in [3.8, 4) is 0 Å². The van der Waals surface area contributed by atoms with Gasteiger partial charge in [-0.15, -0.1) is 0 Å². The number of Topliss-reactive ketones (excluding diaryl/α,β-unsaturated/α-hetero) is 1. The molecule has 4 atom stereocenters. The van der Waals surface area contributed by atoms with Gasteiger partial charge < -0.3 is 4.57 Å². The van der Waals surface area contributed by atoms with Crippen molar-refractivity contribution in [3.05, 3.63) is 69.7 Å². The summed E-state index contributed by atoms with van der Waals surface area (Å²) in [6.45, 7) is 5.56. The van der Waals surface area contributed by atoms with Gasteiger partial charge in [-0.1, -0.05) is 44.2 Å². The molecule has 1 aromatic heterocycles. The molecule has 5 aliphatic rings. The molecule has 3 heterocycles. The number of allylic oxidation sites excluding steroid dienone is 6. The van der Waals surface area contributed by atoms with E-state index in [0.29, 0.717) is 26.1 Å². The number of fused-ring (bicyclic) bond motifs is 6. The summed E-state index contributed by atoms with van der Waals surface area (Å²) in [7, 11) is -3.65. The van der Waals surface area contributed by atoms with Crippen LogP contribution in [0.15, 0.2) is 58.4 Å². The first-order valence-electron chi connectivity index (χ1n) is 12.4. The molecule has 6 rings (SSSR count). The summed E-state index contributed by atoms with van der Waals surface area (Å²) in [5.74, 6) is 0.183. The summed E-state index contributed by atoms with van der Waals surface area (Å²) >= 11 is 0. The Kier molecular flexibility index (Phi) is 4.82. The van der Waals surface area contributed by atoms with E-state index in [1.165, 1.54) is 0 Å². The summed E-state index contributed by atoms with van der Waals surface area (Å²) in [4.78, 5) is 26.1. The predicted molar refractivity (Wildman–Crippen MR) is 131 cm³/mol. The maximum Gasteiger partial charge on any atom is 0.250 e. The lowest BCUT2D eigenvalue weighted by molar-refractivity contribution is -0.125. The number of hydrogen-bond donors (Lipinski definition) is 0. The van der Waals surface area contributed by atoms with Crippen molar-refractivity contribution < 1.29 is 13.2 Å². The summed E-state index contributed by atoms with van der Waals surface area (Å²) in [5, 5.41) is 0. The third-order valence-corrected chi connectivity index (χ3v) is 11.4. The van der Waals surface area contributed by atoms with Crippen molar-refractivity contribution >= 4 is 15.8 Å². The highest BCUT2D eigenvalue weighted by molar-refractivity contribution is 7.89. The summed E-state index contributed by atoms with van der Waals surface area (Å²) < 4.78 is 31.2. The minimum Gasteiger partial charge on any atom is -0.312 e. The second kappa shape index (κ2) is 7.37. The average molecular weight is 481 g/mol. The first kappa shape index (κ1) is 22.2. The fourth-order valence-corrected chi connectivity index (χ4v) is 9.83. The minimum atomic E-state index is -3.65. The second-order valence-electron chi connectivity index (χ2n) is 11.5. The van der Waals surface area contributed by atoms with Crippen molar-refractivity contribution in [1.82, 2.24) is 8.87 Å². The van der Waals surface area contributed by atoms with Gasteiger partial charge in [-0.3, -0.25) is 9.59 Å². The molecule has 34 heavy (non-hydrogen) atoms. The Labute approximate surface area is 201 Å². The van der Waals surface area contributed by atoms with Crippen molar-refractivity contribution in [2.24, 2.45) is 22.7 Å². The Hall–Kier alpha value is -2.25. The van der Waals surface area contributed by atoms with Crippen LogP contribution in [0.25, 0.3) is 0 Å². The zero-order valence-electron chi connectivity index (χ0n) is 19.9. The topological polar surface area (TPSA) is 76.5 Å². The lowest BCUT2D eigenvalue weighted by Gasteiger charge is -2.43. The number of carbonyl (C=O) groups is 1. The Balaban J connectivity index is 1.30. The van der Waals surface area contributed by atoms with Gasteiger partial charge >= 0.3 is 0 Å². The highest BCUT2D eigenvalue weighted by atomic mass is 32.2. The van der Waals surface area contributed by atoms with Crippen LogP contribution in [0.5, 0.6) is 0 Å². The first-order valence-corrected chi connectivity index (χ1v) is 14.0. The molecule has 4 bridgehead atoms. The van der Waals surface area contributed by atoms with E-state index in [4.69, 9.17) is 0 Å². The van der Waals surface area contributed by atoms with Gasteiger partial charge in [0.15, 0.2) is 5.78 Å². The fourth-order valence-electron chi connectivity index (χ4n) is 7.53. The quantitative estimate of drug-likeness (QED) is 0.619. The van der Waals surface area contributed by atoms with E-state index in [1.807, 2.05) is 28.9 Å². The lowest BCUT2D eigenvalue weighted by atomic mass is 9.70. The number of sulfonamides is 1. The van der Waals surface area contributed by atoms with Crippen LogP contribution in [-0.4, -0.2) is 41.9 Å². The Morgan fingerprint density at radius 2 is 1.97 bits per heavy atom. The highest BCUT2D eigenvalue weighted by Gasteiger charge is 2.68. The van der Waals surface area contributed by atoms with Gasteiger partial charge in [0.05, 0.1) is 11.2 Å². The number of nitrogens with zero attached hydrogens (tertiary/aromatic N) is 2. The molecule has 0 aromatic carbocycles. The van der Waals surface area contributed by atoms with Gasteiger partial charge in [0, 0.05) is 37.3 Å². The number of ketones is 1. The van der Waals surface area contributed by atoms with E-state index in [2.05, 4.69) is 19.9 Å². The number of hydrogen-bond acceptors (Lipinski definition) is 4. The second-order valence-corrected chi connectivity index (χ2v) is 13.4. The molecule has 0 unspecified atom stereocenters. The van der Waals surface area contributed by atoms with E-state index in [-0.39, 0.29) is 40.3 Å². The molecule has 2 saturated carbocycles. The number of aromatic nitrogens is 1. The zero-order chi connectivity index (χ0) is 23.9. The monoisotopic (exact) mass is 480 g/mol. The molecule has 0 amide bonds. The summed E-state index contributed by atoms with van der Waals surface area (Å²) in [6, 6.07) is 5.29. The van der Waals surface area contributed by atoms with Gasteiger partial charge in [-0.2, -0.15) is 0 Å². The van der Waals surface area contributed by atoms with E-state index >= 15 is 0 Å². The van der Waals surface area contributed by atoms with Gasteiger partial charge in [0.1, 0.15) is 0 Å².